The SMILES string of the molecule is COc1ccc(S(=O)(=O)N2CCC(C(=O)Nc3nc4cc(C)cc(C)c4s3)CC2)cc1. The molecule has 164 valence electrons. The van der Waals surface area contributed by atoms with Crippen molar-refractivity contribution in [2.24, 2.45) is 5.92 Å². The fraction of sp³-hybridized carbons (Fsp3) is 0.364. The van der Waals surface area contributed by atoms with E-state index in [4.69, 9.17) is 4.74 Å². The van der Waals surface area contributed by atoms with Crippen molar-refractivity contribution in [2.75, 3.05) is 25.5 Å². The zero-order chi connectivity index (χ0) is 22.2. The number of amides is 1. The van der Waals surface area contributed by atoms with Gasteiger partial charge in [0.25, 0.3) is 0 Å². The summed E-state index contributed by atoms with van der Waals surface area (Å²) < 4.78 is 33.4. The Morgan fingerprint density at radius 2 is 1.84 bits per heavy atom. The van der Waals surface area contributed by atoms with E-state index in [1.54, 1.807) is 24.3 Å². The number of carbonyl (C=O) groups is 1. The number of carbonyl (C=O) groups excluding carboxylic acids is 1. The minimum atomic E-state index is -3.59. The van der Waals surface area contributed by atoms with Crippen molar-refractivity contribution in [3.8, 4) is 5.75 Å². The molecule has 31 heavy (non-hydrogen) atoms. The number of sulfonamides is 1. The maximum atomic E-state index is 12.9. The van der Waals surface area contributed by atoms with Crippen molar-refractivity contribution >= 4 is 42.6 Å². The molecular weight excluding hydrogens is 434 g/mol. The van der Waals surface area contributed by atoms with Gasteiger partial charge in [-0.3, -0.25) is 4.79 Å². The van der Waals surface area contributed by atoms with Gasteiger partial charge in [0.05, 0.1) is 22.2 Å². The molecule has 2 heterocycles. The molecule has 9 heteroatoms. The first-order chi connectivity index (χ1) is 14.8. The number of nitrogens with zero attached hydrogens (tertiary/aromatic N) is 2. The van der Waals surface area contributed by atoms with Crippen LogP contribution >= 0.6 is 11.3 Å². The van der Waals surface area contributed by atoms with E-state index < -0.39 is 10.0 Å². The summed E-state index contributed by atoms with van der Waals surface area (Å²) >= 11 is 1.47. The van der Waals surface area contributed by atoms with Crippen molar-refractivity contribution in [1.82, 2.24) is 9.29 Å². The third kappa shape index (κ3) is 4.44. The van der Waals surface area contributed by atoms with Gasteiger partial charge in [-0.25, -0.2) is 13.4 Å². The third-order valence-electron chi connectivity index (χ3n) is 5.57. The van der Waals surface area contributed by atoms with Gasteiger partial charge in [0, 0.05) is 19.0 Å². The number of hydrogen-bond acceptors (Lipinski definition) is 6. The Hall–Kier alpha value is -2.49. The van der Waals surface area contributed by atoms with Gasteiger partial charge >= 0.3 is 0 Å². The van der Waals surface area contributed by atoms with Gasteiger partial charge in [-0.15, -0.1) is 0 Å². The molecule has 0 bridgehead atoms. The van der Waals surface area contributed by atoms with Crippen molar-refractivity contribution in [3.05, 3.63) is 47.5 Å². The van der Waals surface area contributed by atoms with Crippen LogP contribution in [-0.4, -0.2) is 43.8 Å². The summed E-state index contributed by atoms with van der Waals surface area (Å²) in [5.41, 5.74) is 3.17. The largest absolute Gasteiger partial charge is 0.497 e. The van der Waals surface area contributed by atoms with Gasteiger partial charge in [-0.2, -0.15) is 4.31 Å². The van der Waals surface area contributed by atoms with Crippen LogP contribution in [0.5, 0.6) is 5.75 Å². The summed E-state index contributed by atoms with van der Waals surface area (Å²) in [4.78, 5) is 17.5. The van der Waals surface area contributed by atoms with E-state index >= 15 is 0 Å². The molecule has 1 amide bonds. The molecule has 7 nitrogen and oxygen atoms in total. The van der Waals surface area contributed by atoms with Crippen LogP contribution in [-0.2, 0) is 14.8 Å². The van der Waals surface area contributed by atoms with Crippen LogP contribution in [0.15, 0.2) is 41.3 Å². The number of aromatic nitrogens is 1. The minimum absolute atomic E-state index is 0.102. The van der Waals surface area contributed by atoms with Crippen LogP contribution < -0.4 is 10.1 Å². The second-order valence-electron chi connectivity index (χ2n) is 7.79. The number of piperidine rings is 1. The second-order valence-corrected chi connectivity index (χ2v) is 10.7. The number of fused-ring (bicyclic) bond motifs is 1. The molecule has 3 aromatic rings. The molecule has 1 fully saturated rings. The van der Waals surface area contributed by atoms with Gasteiger partial charge < -0.3 is 10.1 Å². The fourth-order valence-corrected chi connectivity index (χ4v) is 6.28. The number of rotatable bonds is 5. The number of benzene rings is 2. The van der Waals surface area contributed by atoms with Gasteiger partial charge in [0.15, 0.2) is 5.13 Å². The van der Waals surface area contributed by atoms with Gasteiger partial charge in [0.2, 0.25) is 15.9 Å². The summed E-state index contributed by atoms with van der Waals surface area (Å²) in [7, 11) is -2.05. The number of thiazole rings is 1. The zero-order valence-corrected chi connectivity index (χ0v) is 19.3. The Morgan fingerprint density at radius 3 is 2.48 bits per heavy atom. The first-order valence-corrected chi connectivity index (χ1v) is 12.4. The predicted octanol–water partition coefficient (Wildman–Crippen LogP) is 3.96. The Balaban J connectivity index is 1.40. The molecule has 0 unspecified atom stereocenters. The Labute approximate surface area is 186 Å². The van der Waals surface area contributed by atoms with Crippen molar-refractivity contribution < 1.29 is 17.9 Å². The Kier molecular flexibility index (Phi) is 6.00. The van der Waals surface area contributed by atoms with Gasteiger partial charge in [0.1, 0.15) is 5.75 Å². The van der Waals surface area contributed by atoms with E-state index in [9.17, 15) is 13.2 Å². The molecule has 1 N–H and O–H groups in total. The van der Waals surface area contributed by atoms with Crippen LogP contribution in [0.2, 0.25) is 0 Å². The van der Waals surface area contributed by atoms with E-state index in [2.05, 4.69) is 16.4 Å². The van der Waals surface area contributed by atoms with Crippen molar-refractivity contribution in [3.63, 3.8) is 0 Å². The van der Waals surface area contributed by atoms with E-state index in [0.29, 0.717) is 36.8 Å². The maximum Gasteiger partial charge on any atom is 0.243 e. The monoisotopic (exact) mass is 459 g/mol. The molecule has 0 atom stereocenters. The Morgan fingerprint density at radius 1 is 1.16 bits per heavy atom. The summed E-state index contributed by atoms with van der Waals surface area (Å²) in [5, 5.41) is 3.52. The third-order valence-corrected chi connectivity index (χ3v) is 8.61. The number of anilines is 1. The number of aryl methyl sites for hydroxylation is 2. The molecule has 0 saturated carbocycles. The summed E-state index contributed by atoms with van der Waals surface area (Å²) in [6.07, 6.45) is 0.953. The second kappa shape index (κ2) is 8.57. The predicted molar refractivity (Wildman–Crippen MR) is 122 cm³/mol. The van der Waals surface area contributed by atoms with Crippen LogP contribution in [0.3, 0.4) is 0 Å². The highest BCUT2D eigenvalue weighted by molar-refractivity contribution is 7.89. The number of methoxy groups -OCH3 is 1. The molecule has 0 spiro atoms. The number of nitrogens with one attached hydrogen (secondary N) is 1. The summed E-state index contributed by atoms with van der Waals surface area (Å²) in [5.74, 6) is 0.265. The highest BCUT2D eigenvalue weighted by Gasteiger charge is 2.32. The standard InChI is InChI=1S/C22H25N3O4S2/c1-14-12-15(2)20-19(13-14)23-22(30-20)24-21(26)16-8-10-25(11-9-16)31(27,28)18-6-4-17(29-3)5-7-18/h4-7,12-13,16H,8-11H2,1-3H3,(H,23,24,26). The van der Waals surface area contributed by atoms with E-state index in [0.717, 1.165) is 21.3 Å². The molecule has 1 aliphatic rings. The van der Waals surface area contributed by atoms with Gasteiger partial charge in [-0.05, 0) is 68.1 Å². The fourth-order valence-electron chi connectivity index (χ4n) is 3.89. The first kappa shape index (κ1) is 21.7. The Bertz CT molecular complexity index is 1210. The average molecular weight is 460 g/mol. The van der Waals surface area contributed by atoms with E-state index in [1.165, 1.54) is 22.8 Å². The highest BCUT2D eigenvalue weighted by Crippen LogP contribution is 2.31. The lowest BCUT2D eigenvalue weighted by Crippen LogP contribution is -2.41. The van der Waals surface area contributed by atoms with E-state index in [-0.39, 0.29) is 16.7 Å². The highest BCUT2D eigenvalue weighted by atomic mass is 32.2. The molecule has 1 aromatic heterocycles. The smallest absolute Gasteiger partial charge is 0.243 e. The molecule has 0 radical (unpaired) electrons. The average Bonchev–Trinajstić information content (AvgIpc) is 3.16. The van der Waals surface area contributed by atoms with Crippen LogP contribution in [0.25, 0.3) is 10.2 Å². The molecule has 4 rings (SSSR count). The summed E-state index contributed by atoms with van der Waals surface area (Å²) in [6.45, 7) is 4.69. The van der Waals surface area contributed by atoms with Crippen LogP contribution in [0.4, 0.5) is 5.13 Å². The van der Waals surface area contributed by atoms with Crippen molar-refractivity contribution in [2.45, 2.75) is 31.6 Å². The van der Waals surface area contributed by atoms with Crippen molar-refractivity contribution in [1.29, 1.82) is 0 Å². The zero-order valence-electron chi connectivity index (χ0n) is 17.7. The normalized spacial score (nSPS) is 15.8. The molecule has 1 aliphatic heterocycles. The molecule has 0 aliphatic carbocycles. The van der Waals surface area contributed by atoms with Gasteiger partial charge in [-0.1, -0.05) is 17.4 Å². The topological polar surface area (TPSA) is 88.6 Å². The maximum absolute atomic E-state index is 12.9. The number of hydrogen-bond donors (Lipinski definition) is 1. The van der Waals surface area contributed by atoms with E-state index in [1.807, 2.05) is 19.9 Å². The van der Waals surface area contributed by atoms with Crippen LogP contribution in [0, 0.1) is 19.8 Å². The molecular formula is C22H25N3O4S2. The quantitative estimate of drug-likeness (QED) is 0.624. The van der Waals surface area contributed by atoms with Crippen LogP contribution in [0.1, 0.15) is 24.0 Å². The first-order valence-electron chi connectivity index (χ1n) is 10.1. The molecule has 2 aromatic carbocycles. The number of ether oxygens (including phenoxy) is 1. The lowest BCUT2D eigenvalue weighted by atomic mass is 9.97. The lowest BCUT2D eigenvalue weighted by Gasteiger charge is -2.30. The molecule has 1 saturated heterocycles. The summed E-state index contributed by atoms with van der Waals surface area (Å²) in [6, 6.07) is 10.5. The minimum Gasteiger partial charge on any atom is -0.497 e. The lowest BCUT2D eigenvalue weighted by molar-refractivity contribution is -0.120.